The van der Waals surface area contributed by atoms with Crippen LogP contribution >= 0.6 is 0 Å². The third-order valence-electron chi connectivity index (χ3n) is 3.69. The summed E-state index contributed by atoms with van der Waals surface area (Å²) in [4.78, 5) is 2.09. The molecule has 1 unspecified atom stereocenters. The number of piperazine rings is 1. The van der Waals surface area contributed by atoms with Crippen molar-refractivity contribution in [3.05, 3.63) is 0 Å². The van der Waals surface area contributed by atoms with Crippen molar-refractivity contribution < 1.29 is 8.42 Å². The number of nitrogens with one attached hydrogen (secondary N) is 2. The molecule has 2 fully saturated rings. The molecule has 8 heteroatoms. The van der Waals surface area contributed by atoms with Gasteiger partial charge in [-0.1, -0.05) is 6.92 Å². The summed E-state index contributed by atoms with van der Waals surface area (Å²) < 4.78 is 28.3. The molecule has 0 amide bonds. The SMILES string of the molecule is CCC(C(=N)N)N1CCN(S(=O)(=O)NC2CC2)CC1. The summed E-state index contributed by atoms with van der Waals surface area (Å²) in [7, 11) is -3.32. The predicted octanol–water partition coefficient (Wildman–Crippen LogP) is -0.685. The second-order valence-corrected chi connectivity index (χ2v) is 6.91. The Morgan fingerprint density at radius 1 is 1.37 bits per heavy atom. The molecule has 0 aromatic rings. The maximum Gasteiger partial charge on any atom is 0.279 e. The molecule has 0 aromatic heterocycles. The summed E-state index contributed by atoms with van der Waals surface area (Å²) >= 11 is 0. The van der Waals surface area contributed by atoms with E-state index in [2.05, 4.69) is 9.62 Å². The first-order valence-electron chi connectivity index (χ1n) is 6.79. The van der Waals surface area contributed by atoms with Crippen molar-refractivity contribution in [2.75, 3.05) is 26.2 Å². The van der Waals surface area contributed by atoms with E-state index in [0.717, 1.165) is 19.3 Å². The van der Waals surface area contributed by atoms with Gasteiger partial charge in [-0.25, -0.2) is 0 Å². The Bertz CT molecular complexity index is 426. The molecule has 0 radical (unpaired) electrons. The number of hydrogen-bond acceptors (Lipinski definition) is 4. The topological polar surface area (TPSA) is 103 Å². The maximum atomic E-state index is 12.0. The molecule has 1 saturated heterocycles. The molecule has 2 aliphatic rings. The number of amidine groups is 1. The Kier molecular flexibility index (Phi) is 4.44. The third kappa shape index (κ3) is 3.65. The average molecular weight is 289 g/mol. The lowest BCUT2D eigenvalue weighted by molar-refractivity contribution is 0.163. The summed E-state index contributed by atoms with van der Waals surface area (Å²) in [6.07, 6.45) is 2.67. The van der Waals surface area contributed by atoms with Gasteiger partial charge in [0, 0.05) is 32.2 Å². The van der Waals surface area contributed by atoms with Crippen LogP contribution in [0.1, 0.15) is 26.2 Å². The standard InChI is InChI=1S/C11H23N5O2S/c1-2-10(11(12)13)15-5-7-16(8-6-15)19(17,18)14-9-3-4-9/h9-10,14H,2-8H2,1H3,(H3,12,13). The molecule has 110 valence electrons. The van der Waals surface area contributed by atoms with Crippen molar-refractivity contribution >= 4 is 16.0 Å². The highest BCUT2D eigenvalue weighted by atomic mass is 32.2. The molecule has 0 spiro atoms. The van der Waals surface area contributed by atoms with Gasteiger partial charge >= 0.3 is 0 Å². The fraction of sp³-hybridized carbons (Fsp3) is 0.909. The van der Waals surface area contributed by atoms with Gasteiger partial charge in [-0.2, -0.15) is 17.4 Å². The van der Waals surface area contributed by atoms with Gasteiger partial charge < -0.3 is 5.73 Å². The van der Waals surface area contributed by atoms with E-state index in [0.29, 0.717) is 26.2 Å². The van der Waals surface area contributed by atoms with Gasteiger partial charge in [0.2, 0.25) is 0 Å². The van der Waals surface area contributed by atoms with Gasteiger partial charge in [0.25, 0.3) is 10.2 Å². The molecule has 1 heterocycles. The van der Waals surface area contributed by atoms with Crippen LogP contribution in [0.2, 0.25) is 0 Å². The number of hydrogen-bond donors (Lipinski definition) is 3. The Morgan fingerprint density at radius 3 is 2.37 bits per heavy atom. The molecule has 7 nitrogen and oxygen atoms in total. The van der Waals surface area contributed by atoms with Crippen molar-refractivity contribution in [1.82, 2.24) is 13.9 Å². The Morgan fingerprint density at radius 2 is 1.95 bits per heavy atom. The van der Waals surface area contributed by atoms with E-state index < -0.39 is 10.2 Å². The van der Waals surface area contributed by atoms with Gasteiger partial charge in [-0.3, -0.25) is 10.3 Å². The highest BCUT2D eigenvalue weighted by Gasteiger charge is 2.34. The first-order chi connectivity index (χ1) is 8.94. The molecule has 0 bridgehead atoms. The summed E-state index contributed by atoms with van der Waals surface area (Å²) in [5, 5.41) is 7.55. The van der Waals surface area contributed by atoms with Gasteiger partial charge in [0.15, 0.2) is 0 Å². The van der Waals surface area contributed by atoms with E-state index in [-0.39, 0.29) is 17.9 Å². The van der Waals surface area contributed by atoms with E-state index in [1.807, 2.05) is 6.92 Å². The molecule has 1 atom stereocenters. The van der Waals surface area contributed by atoms with E-state index in [9.17, 15) is 8.42 Å². The Labute approximate surface area is 114 Å². The quantitative estimate of drug-likeness (QED) is 0.445. The molecule has 2 rings (SSSR count). The first kappa shape index (κ1) is 14.7. The van der Waals surface area contributed by atoms with Crippen LogP contribution in [0.15, 0.2) is 0 Å². The lowest BCUT2D eigenvalue weighted by Gasteiger charge is -2.37. The fourth-order valence-electron chi connectivity index (χ4n) is 2.42. The highest BCUT2D eigenvalue weighted by Crippen LogP contribution is 2.21. The van der Waals surface area contributed by atoms with Crippen molar-refractivity contribution in [1.29, 1.82) is 5.41 Å². The molecular formula is C11H23N5O2S. The van der Waals surface area contributed by atoms with Gasteiger partial charge in [0.05, 0.1) is 6.04 Å². The maximum absolute atomic E-state index is 12.0. The molecule has 1 aliphatic carbocycles. The summed E-state index contributed by atoms with van der Waals surface area (Å²) in [5.41, 5.74) is 5.57. The minimum Gasteiger partial charge on any atom is -0.386 e. The largest absolute Gasteiger partial charge is 0.386 e. The summed E-state index contributed by atoms with van der Waals surface area (Å²) in [5.74, 6) is 0.162. The van der Waals surface area contributed by atoms with Crippen molar-refractivity contribution in [2.45, 2.75) is 38.3 Å². The van der Waals surface area contributed by atoms with Crippen LogP contribution in [0.4, 0.5) is 0 Å². The monoisotopic (exact) mass is 289 g/mol. The van der Waals surface area contributed by atoms with Crippen LogP contribution in [-0.4, -0.2) is 61.7 Å². The Hall–Kier alpha value is -0.700. The van der Waals surface area contributed by atoms with Crippen molar-refractivity contribution in [3.8, 4) is 0 Å². The van der Waals surface area contributed by atoms with Crippen LogP contribution in [0, 0.1) is 5.41 Å². The Balaban J connectivity index is 1.89. The van der Waals surface area contributed by atoms with Crippen LogP contribution in [0.3, 0.4) is 0 Å². The molecule has 1 aliphatic heterocycles. The highest BCUT2D eigenvalue weighted by molar-refractivity contribution is 7.87. The molecule has 0 aromatic carbocycles. The predicted molar refractivity (Wildman–Crippen MR) is 74.2 cm³/mol. The van der Waals surface area contributed by atoms with E-state index in [1.165, 1.54) is 4.31 Å². The molecule has 4 N–H and O–H groups in total. The minimum absolute atomic E-state index is 0.0683. The summed E-state index contributed by atoms with van der Waals surface area (Å²) in [6, 6.07) is 0.0740. The second kappa shape index (κ2) is 5.74. The lowest BCUT2D eigenvalue weighted by atomic mass is 10.1. The normalized spacial score (nSPS) is 24.3. The van der Waals surface area contributed by atoms with Gasteiger partial charge in [0.1, 0.15) is 5.84 Å². The van der Waals surface area contributed by atoms with Crippen molar-refractivity contribution in [3.63, 3.8) is 0 Å². The van der Waals surface area contributed by atoms with Crippen LogP contribution in [0.25, 0.3) is 0 Å². The lowest BCUT2D eigenvalue weighted by Crippen LogP contribution is -2.56. The summed E-state index contributed by atoms with van der Waals surface area (Å²) in [6.45, 7) is 4.18. The zero-order chi connectivity index (χ0) is 14.0. The number of rotatable bonds is 6. The van der Waals surface area contributed by atoms with Crippen LogP contribution in [-0.2, 0) is 10.2 Å². The van der Waals surface area contributed by atoms with Crippen LogP contribution < -0.4 is 10.5 Å². The average Bonchev–Trinajstić information content (AvgIpc) is 3.13. The third-order valence-corrected chi connectivity index (χ3v) is 5.37. The van der Waals surface area contributed by atoms with Crippen molar-refractivity contribution in [2.24, 2.45) is 5.73 Å². The van der Waals surface area contributed by atoms with E-state index >= 15 is 0 Å². The molecule has 1 saturated carbocycles. The van der Waals surface area contributed by atoms with Gasteiger partial charge in [-0.15, -0.1) is 0 Å². The van der Waals surface area contributed by atoms with Gasteiger partial charge in [-0.05, 0) is 19.3 Å². The second-order valence-electron chi connectivity index (χ2n) is 5.21. The minimum atomic E-state index is -3.32. The molecule has 19 heavy (non-hydrogen) atoms. The van der Waals surface area contributed by atoms with E-state index in [4.69, 9.17) is 11.1 Å². The number of nitrogens with two attached hydrogens (primary N) is 1. The van der Waals surface area contributed by atoms with Crippen LogP contribution in [0.5, 0.6) is 0 Å². The first-order valence-corrected chi connectivity index (χ1v) is 8.23. The number of nitrogens with zero attached hydrogens (tertiary/aromatic N) is 2. The zero-order valence-electron chi connectivity index (χ0n) is 11.3. The smallest absolute Gasteiger partial charge is 0.279 e. The van der Waals surface area contributed by atoms with E-state index in [1.54, 1.807) is 0 Å². The fourth-order valence-corrected chi connectivity index (χ4v) is 3.87. The zero-order valence-corrected chi connectivity index (χ0v) is 12.1. The molecular weight excluding hydrogens is 266 g/mol.